The molecule has 0 heterocycles. The molecule has 1 aromatic carbocycles. The van der Waals surface area contributed by atoms with E-state index in [0.717, 1.165) is 18.5 Å². The number of urea groups is 2. The molecule has 0 unspecified atom stereocenters. The molecule has 0 aliphatic heterocycles. The first-order valence-corrected chi connectivity index (χ1v) is 6.02. The van der Waals surface area contributed by atoms with Crippen LogP contribution in [0.3, 0.4) is 0 Å². The number of hydrogen-bond acceptors (Lipinski definition) is 2. The van der Waals surface area contributed by atoms with Crippen molar-refractivity contribution in [1.29, 1.82) is 0 Å². The van der Waals surface area contributed by atoms with Gasteiger partial charge >= 0.3 is 12.1 Å². The number of amides is 4. The third-order valence-corrected chi connectivity index (χ3v) is 2.48. The molecule has 0 aliphatic rings. The molecule has 0 saturated carbocycles. The highest BCUT2D eigenvalue weighted by atomic mass is 16.2. The zero-order valence-electron chi connectivity index (χ0n) is 10.8. The number of carbonyl (C=O) groups is 2. The fraction of sp³-hybridized carbons (Fsp3) is 0.385. The second-order valence-electron chi connectivity index (χ2n) is 3.93. The van der Waals surface area contributed by atoms with Gasteiger partial charge in [0.2, 0.25) is 0 Å². The number of nitrogens with zero attached hydrogens (tertiary/aromatic N) is 1. The van der Waals surface area contributed by atoms with Gasteiger partial charge in [0.25, 0.3) is 0 Å². The van der Waals surface area contributed by atoms with Gasteiger partial charge in [-0.15, -0.1) is 0 Å². The quantitative estimate of drug-likeness (QED) is 0.804. The van der Waals surface area contributed by atoms with Gasteiger partial charge < -0.3 is 5.32 Å². The number of carbonyl (C=O) groups excluding carboxylic acids is 2. The van der Waals surface area contributed by atoms with E-state index in [1.54, 1.807) is 19.2 Å². The van der Waals surface area contributed by atoms with E-state index in [4.69, 9.17) is 0 Å². The van der Waals surface area contributed by atoms with Crippen LogP contribution in [0.15, 0.2) is 30.3 Å². The van der Waals surface area contributed by atoms with Crippen molar-refractivity contribution in [3.8, 4) is 0 Å². The minimum atomic E-state index is -0.462. The number of imide groups is 1. The number of rotatable bonds is 4. The highest BCUT2D eigenvalue weighted by molar-refractivity contribution is 6.01. The van der Waals surface area contributed by atoms with Crippen LogP contribution in [0.5, 0.6) is 0 Å². The van der Waals surface area contributed by atoms with Crippen LogP contribution in [0, 0.1) is 0 Å². The average Bonchev–Trinajstić information content (AvgIpc) is 2.39. The molecule has 0 aromatic heterocycles. The van der Waals surface area contributed by atoms with Gasteiger partial charge in [0.05, 0.1) is 0 Å². The largest absolute Gasteiger partial charge is 0.338 e. The average molecular weight is 249 g/mol. The van der Waals surface area contributed by atoms with Crippen LogP contribution in [-0.4, -0.2) is 25.7 Å². The molecule has 1 rings (SSSR count). The van der Waals surface area contributed by atoms with E-state index in [1.807, 2.05) is 25.1 Å². The molecule has 1 aromatic rings. The summed E-state index contributed by atoms with van der Waals surface area (Å²) in [5, 5.41) is 4.90. The van der Waals surface area contributed by atoms with E-state index in [-0.39, 0.29) is 0 Å². The summed E-state index contributed by atoms with van der Waals surface area (Å²) in [6, 6.07) is 8.22. The van der Waals surface area contributed by atoms with Crippen molar-refractivity contribution in [3.05, 3.63) is 30.3 Å². The van der Waals surface area contributed by atoms with Crippen molar-refractivity contribution in [2.24, 2.45) is 0 Å². The van der Waals surface area contributed by atoms with Crippen molar-refractivity contribution in [2.45, 2.75) is 19.8 Å². The van der Waals surface area contributed by atoms with Gasteiger partial charge in [0.15, 0.2) is 0 Å². The normalized spacial score (nSPS) is 9.67. The van der Waals surface area contributed by atoms with Crippen LogP contribution < -0.4 is 15.5 Å². The summed E-state index contributed by atoms with van der Waals surface area (Å²) in [6.45, 7) is 2.61. The third kappa shape index (κ3) is 4.45. The molecule has 0 spiro atoms. The Hall–Kier alpha value is -2.04. The lowest BCUT2D eigenvalue weighted by molar-refractivity contribution is 0.230. The molecule has 0 atom stereocenters. The standard InChI is InChI=1S/C13H19N3O2/c1-3-4-10-14-12(17)15-13(18)16(2)11-8-6-5-7-9-11/h5-9H,3-4,10H2,1-2H3,(H2,14,15,17,18). The van der Waals surface area contributed by atoms with Crippen molar-refractivity contribution >= 4 is 17.7 Å². The fourth-order valence-electron chi connectivity index (χ4n) is 1.37. The first kappa shape index (κ1) is 14.0. The SMILES string of the molecule is CCCCNC(=O)NC(=O)N(C)c1ccccc1. The minimum Gasteiger partial charge on any atom is -0.338 e. The Balaban J connectivity index is 2.43. The van der Waals surface area contributed by atoms with Crippen LogP contribution in [0.2, 0.25) is 0 Å². The summed E-state index contributed by atoms with van der Waals surface area (Å²) in [4.78, 5) is 24.5. The summed E-state index contributed by atoms with van der Waals surface area (Å²) in [5.41, 5.74) is 0.733. The van der Waals surface area contributed by atoms with E-state index in [1.165, 1.54) is 4.90 Å². The number of nitrogens with one attached hydrogen (secondary N) is 2. The maximum absolute atomic E-state index is 11.7. The summed E-state index contributed by atoms with van der Waals surface area (Å²) in [6.07, 6.45) is 1.90. The Morgan fingerprint density at radius 3 is 2.50 bits per heavy atom. The minimum absolute atomic E-state index is 0.449. The summed E-state index contributed by atoms with van der Waals surface area (Å²) in [7, 11) is 1.62. The number of hydrogen-bond donors (Lipinski definition) is 2. The Labute approximate surface area is 107 Å². The monoisotopic (exact) mass is 249 g/mol. The topological polar surface area (TPSA) is 61.4 Å². The fourth-order valence-corrected chi connectivity index (χ4v) is 1.37. The summed E-state index contributed by atoms with van der Waals surface area (Å²) in [5.74, 6) is 0. The number of unbranched alkanes of at least 4 members (excludes halogenated alkanes) is 1. The molecular formula is C13H19N3O2. The van der Waals surface area contributed by atoms with Crippen LogP contribution in [-0.2, 0) is 0 Å². The molecule has 98 valence electrons. The van der Waals surface area contributed by atoms with E-state index >= 15 is 0 Å². The zero-order chi connectivity index (χ0) is 13.4. The molecule has 0 bridgehead atoms. The maximum Gasteiger partial charge on any atom is 0.329 e. The molecule has 0 saturated heterocycles. The summed E-state index contributed by atoms with van der Waals surface area (Å²) >= 11 is 0. The molecule has 5 heteroatoms. The van der Waals surface area contributed by atoms with E-state index < -0.39 is 12.1 Å². The lowest BCUT2D eigenvalue weighted by Gasteiger charge is -2.17. The highest BCUT2D eigenvalue weighted by Crippen LogP contribution is 2.10. The van der Waals surface area contributed by atoms with Crippen LogP contribution in [0.1, 0.15) is 19.8 Å². The Bertz CT molecular complexity index is 392. The molecule has 5 nitrogen and oxygen atoms in total. The van der Waals surface area contributed by atoms with E-state index in [0.29, 0.717) is 6.54 Å². The Kier molecular flexibility index (Phi) is 5.70. The lowest BCUT2D eigenvalue weighted by atomic mass is 10.3. The van der Waals surface area contributed by atoms with Gasteiger partial charge in [-0.2, -0.15) is 0 Å². The molecule has 0 radical (unpaired) electrons. The first-order valence-electron chi connectivity index (χ1n) is 6.02. The van der Waals surface area contributed by atoms with Crippen LogP contribution in [0.4, 0.5) is 15.3 Å². The lowest BCUT2D eigenvalue weighted by Crippen LogP contribution is -2.45. The maximum atomic E-state index is 11.7. The third-order valence-electron chi connectivity index (χ3n) is 2.48. The number of para-hydroxylation sites is 1. The van der Waals surface area contributed by atoms with Crippen LogP contribution in [0.25, 0.3) is 0 Å². The van der Waals surface area contributed by atoms with Gasteiger partial charge in [-0.3, -0.25) is 10.2 Å². The molecule has 2 N–H and O–H groups in total. The first-order chi connectivity index (χ1) is 8.65. The van der Waals surface area contributed by atoms with Crippen molar-refractivity contribution < 1.29 is 9.59 Å². The molecule has 4 amide bonds. The van der Waals surface area contributed by atoms with Crippen molar-refractivity contribution in [1.82, 2.24) is 10.6 Å². The Morgan fingerprint density at radius 1 is 1.22 bits per heavy atom. The predicted molar refractivity (Wildman–Crippen MR) is 71.7 cm³/mol. The highest BCUT2D eigenvalue weighted by Gasteiger charge is 2.12. The smallest absolute Gasteiger partial charge is 0.329 e. The van der Waals surface area contributed by atoms with E-state index in [2.05, 4.69) is 10.6 Å². The Morgan fingerprint density at radius 2 is 1.89 bits per heavy atom. The van der Waals surface area contributed by atoms with E-state index in [9.17, 15) is 9.59 Å². The second-order valence-corrected chi connectivity index (χ2v) is 3.93. The molecular weight excluding hydrogens is 230 g/mol. The summed E-state index contributed by atoms with van der Waals surface area (Å²) < 4.78 is 0. The van der Waals surface area contributed by atoms with Gasteiger partial charge in [-0.05, 0) is 18.6 Å². The second kappa shape index (κ2) is 7.32. The predicted octanol–water partition coefficient (Wildman–Crippen LogP) is 2.34. The van der Waals surface area contributed by atoms with Crippen LogP contribution >= 0.6 is 0 Å². The zero-order valence-corrected chi connectivity index (χ0v) is 10.8. The van der Waals surface area contributed by atoms with Gasteiger partial charge in [0.1, 0.15) is 0 Å². The number of anilines is 1. The van der Waals surface area contributed by atoms with Gasteiger partial charge in [-0.25, -0.2) is 9.59 Å². The van der Waals surface area contributed by atoms with Crippen molar-refractivity contribution in [2.75, 3.05) is 18.5 Å². The molecule has 0 fully saturated rings. The van der Waals surface area contributed by atoms with Crippen molar-refractivity contribution in [3.63, 3.8) is 0 Å². The molecule has 0 aliphatic carbocycles. The van der Waals surface area contributed by atoms with Gasteiger partial charge in [-0.1, -0.05) is 31.5 Å². The van der Waals surface area contributed by atoms with Gasteiger partial charge in [0, 0.05) is 19.3 Å². The number of benzene rings is 1. The molecule has 18 heavy (non-hydrogen) atoms.